The molecule has 0 aliphatic carbocycles. The molecule has 0 fully saturated rings. The van der Waals surface area contributed by atoms with Gasteiger partial charge in [0.1, 0.15) is 11.8 Å². The SMILES string of the molecule is COC(=O)[C@H](CCSC)NC(=O)CCNC(=O)CCNC(=O)c1ccc(OC)cc1. The zero-order valence-corrected chi connectivity index (χ0v) is 18.3. The topological polar surface area (TPSA) is 123 Å². The third-order valence-corrected chi connectivity index (χ3v) is 4.74. The number of thioether (sulfide) groups is 1. The van der Waals surface area contributed by atoms with E-state index in [1.165, 1.54) is 7.11 Å². The molecular weight excluding hydrogens is 410 g/mol. The molecule has 0 spiro atoms. The van der Waals surface area contributed by atoms with Crippen LogP contribution in [-0.4, -0.2) is 69.1 Å². The smallest absolute Gasteiger partial charge is 0.328 e. The Labute approximate surface area is 180 Å². The molecule has 9 nitrogen and oxygen atoms in total. The highest BCUT2D eigenvalue weighted by Gasteiger charge is 2.20. The second-order valence-corrected chi connectivity index (χ2v) is 7.24. The van der Waals surface area contributed by atoms with Gasteiger partial charge in [0.25, 0.3) is 5.91 Å². The molecular formula is C20H29N3O6S. The fraction of sp³-hybridized carbons (Fsp3) is 0.500. The van der Waals surface area contributed by atoms with Crippen molar-refractivity contribution in [2.45, 2.75) is 25.3 Å². The van der Waals surface area contributed by atoms with Crippen molar-refractivity contribution < 1.29 is 28.7 Å². The Morgan fingerprint density at radius 3 is 2.20 bits per heavy atom. The number of rotatable bonds is 13. The van der Waals surface area contributed by atoms with Gasteiger partial charge in [0.2, 0.25) is 11.8 Å². The van der Waals surface area contributed by atoms with Crippen LogP contribution < -0.4 is 20.7 Å². The summed E-state index contributed by atoms with van der Waals surface area (Å²) in [6.07, 6.45) is 2.50. The first-order valence-corrected chi connectivity index (χ1v) is 10.9. The maximum Gasteiger partial charge on any atom is 0.328 e. The first kappa shape index (κ1) is 25.3. The Morgan fingerprint density at radius 1 is 0.967 bits per heavy atom. The lowest BCUT2D eigenvalue weighted by Gasteiger charge is -2.16. The van der Waals surface area contributed by atoms with Gasteiger partial charge < -0.3 is 25.4 Å². The van der Waals surface area contributed by atoms with Crippen LogP contribution in [-0.2, 0) is 19.1 Å². The van der Waals surface area contributed by atoms with Crippen molar-refractivity contribution in [3.63, 3.8) is 0 Å². The number of methoxy groups -OCH3 is 2. The van der Waals surface area contributed by atoms with Crippen LogP contribution in [0.4, 0.5) is 0 Å². The number of esters is 1. The van der Waals surface area contributed by atoms with Crippen LogP contribution in [0.25, 0.3) is 0 Å². The molecule has 0 unspecified atom stereocenters. The lowest BCUT2D eigenvalue weighted by Crippen LogP contribution is -2.43. The predicted octanol–water partition coefficient (Wildman–Crippen LogP) is 0.732. The highest BCUT2D eigenvalue weighted by atomic mass is 32.2. The Balaban J connectivity index is 2.26. The van der Waals surface area contributed by atoms with E-state index in [0.717, 1.165) is 0 Å². The molecule has 3 N–H and O–H groups in total. The molecule has 0 aromatic heterocycles. The van der Waals surface area contributed by atoms with Crippen molar-refractivity contribution in [3.05, 3.63) is 29.8 Å². The molecule has 0 saturated heterocycles. The molecule has 3 amide bonds. The molecule has 0 saturated carbocycles. The van der Waals surface area contributed by atoms with Gasteiger partial charge in [-0.05, 0) is 42.7 Å². The Hall–Kier alpha value is -2.75. The van der Waals surface area contributed by atoms with Crippen molar-refractivity contribution in [2.75, 3.05) is 39.3 Å². The van der Waals surface area contributed by atoms with E-state index in [2.05, 4.69) is 20.7 Å². The third kappa shape index (κ3) is 9.64. The Bertz CT molecular complexity index is 711. The van der Waals surface area contributed by atoms with Gasteiger partial charge in [-0.3, -0.25) is 14.4 Å². The third-order valence-electron chi connectivity index (χ3n) is 4.10. The highest BCUT2D eigenvalue weighted by Crippen LogP contribution is 2.11. The molecule has 1 aromatic rings. The van der Waals surface area contributed by atoms with E-state index < -0.39 is 12.0 Å². The van der Waals surface area contributed by atoms with E-state index in [4.69, 9.17) is 4.74 Å². The van der Waals surface area contributed by atoms with E-state index in [9.17, 15) is 19.2 Å². The second kappa shape index (κ2) is 14.3. The quantitative estimate of drug-likeness (QED) is 0.387. The molecule has 0 aliphatic heterocycles. The van der Waals surface area contributed by atoms with Gasteiger partial charge in [0, 0.05) is 31.5 Å². The van der Waals surface area contributed by atoms with E-state index in [0.29, 0.717) is 23.5 Å². The maximum atomic E-state index is 12.0. The molecule has 0 bridgehead atoms. The van der Waals surface area contributed by atoms with Crippen molar-refractivity contribution >= 4 is 35.5 Å². The summed E-state index contributed by atoms with van der Waals surface area (Å²) in [5, 5.41) is 7.89. The van der Waals surface area contributed by atoms with E-state index in [-0.39, 0.29) is 43.7 Å². The van der Waals surface area contributed by atoms with Crippen LogP contribution in [0.3, 0.4) is 0 Å². The number of hydrogen-bond donors (Lipinski definition) is 3. The van der Waals surface area contributed by atoms with Crippen LogP contribution in [0.1, 0.15) is 29.6 Å². The minimum absolute atomic E-state index is 0.0384. The summed E-state index contributed by atoms with van der Waals surface area (Å²) in [6.45, 7) is 0.301. The minimum Gasteiger partial charge on any atom is -0.497 e. The first-order chi connectivity index (χ1) is 14.4. The zero-order valence-electron chi connectivity index (χ0n) is 17.5. The van der Waals surface area contributed by atoms with Crippen molar-refractivity contribution in [2.24, 2.45) is 0 Å². The number of nitrogens with one attached hydrogen (secondary N) is 3. The minimum atomic E-state index is -0.696. The van der Waals surface area contributed by atoms with Crippen LogP contribution in [0, 0.1) is 0 Å². The van der Waals surface area contributed by atoms with E-state index in [1.54, 1.807) is 43.1 Å². The average Bonchev–Trinajstić information content (AvgIpc) is 2.75. The summed E-state index contributed by atoms with van der Waals surface area (Å²) in [5.41, 5.74) is 0.467. The maximum absolute atomic E-state index is 12.0. The second-order valence-electron chi connectivity index (χ2n) is 6.26. The predicted molar refractivity (Wildman–Crippen MR) is 115 cm³/mol. The van der Waals surface area contributed by atoms with Gasteiger partial charge in [-0.25, -0.2) is 4.79 Å². The standard InChI is InChI=1S/C20H29N3O6S/c1-28-15-6-4-14(5-7-15)19(26)22-12-8-17(24)21-11-9-18(25)23-16(10-13-30-3)20(27)29-2/h4-7,16H,8-13H2,1-3H3,(H,21,24)(H,22,26)(H,23,25)/t16-/m0/s1. The van der Waals surface area contributed by atoms with Gasteiger partial charge in [-0.15, -0.1) is 0 Å². The van der Waals surface area contributed by atoms with Crippen molar-refractivity contribution in [3.8, 4) is 5.75 Å². The summed E-state index contributed by atoms with van der Waals surface area (Å²) in [4.78, 5) is 47.5. The highest BCUT2D eigenvalue weighted by molar-refractivity contribution is 7.98. The molecule has 0 aliphatic rings. The number of ether oxygens (including phenoxy) is 2. The number of hydrogen-bond acceptors (Lipinski definition) is 7. The summed E-state index contributed by atoms with van der Waals surface area (Å²) in [5.74, 6) is -0.0570. The number of carbonyl (C=O) groups excluding carboxylic acids is 4. The zero-order chi connectivity index (χ0) is 22.4. The Kier molecular flexibility index (Phi) is 12.0. The van der Waals surface area contributed by atoms with Crippen molar-refractivity contribution in [1.29, 1.82) is 0 Å². The van der Waals surface area contributed by atoms with Gasteiger partial charge in [-0.1, -0.05) is 0 Å². The van der Waals surface area contributed by atoms with Crippen molar-refractivity contribution in [1.82, 2.24) is 16.0 Å². The van der Waals surface area contributed by atoms with Gasteiger partial charge in [-0.2, -0.15) is 11.8 Å². The fourth-order valence-electron chi connectivity index (χ4n) is 2.43. The van der Waals surface area contributed by atoms with E-state index >= 15 is 0 Å². The molecule has 0 heterocycles. The van der Waals surface area contributed by atoms with Crippen LogP contribution in [0.2, 0.25) is 0 Å². The average molecular weight is 440 g/mol. The lowest BCUT2D eigenvalue weighted by molar-refractivity contribution is -0.145. The normalized spacial score (nSPS) is 11.2. The largest absolute Gasteiger partial charge is 0.497 e. The molecule has 0 radical (unpaired) electrons. The summed E-state index contributed by atoms with van der Waals surface area (Å²) in [6, 6.07) is 5.93. The molecule has 1 rings (SSSR count). The monoisotopic (exact) mass is 439 g/mol. The number of benzene rings is 1. The summed E-state index contributed by atoms with van der Waals surface area (Å²) < 4.78 is 9.72. The van der Waals surface area contributed by atoms with Gasteiger partial charge in [0.15, 0.2) is 0 Å². The Morgan fingerprint density at radius 2 is 1.60 bits per heavy atom. The van der Waals surface area contributed by atoms with Gasteiger partial charge in [0.05, 0.1) is 14.2 Å². The molecule has 1 atom stereocenters. The molecule has 10 heteroatoms. The van der Waals surface area contributed by atoms with E-state index in [1.807, 2.05) is 6.26 Å². The molecule has 166 valence electrons. The van der Waals surface area contributed by atoms with Crippen LogP contribution in [0.5, 0.6) is 5.75 Å². The first-order valence-electron chi connectivity index (χ1n) is 9.46. The van der Waals surface area contributed by atoms with Crippen LogP contribution >= 0.6 is 11.8 Å². The van der Waals surface area contributed by atoms with Crippen LogP contribution in [0.15, 0.2) is 24.3 Å². The summed E-state index contributed by atoms with van der Waals surface area (Å²) >= 11 is 1.56. The summed E-state index contributed by atoms with van der Waals surface area (Å²) in [7, 11) is 2.81. The molecule has 1 aromatic carbocycles. The fourth-order valence-corrected chi connectivity index (χ4v) is 2.90. The molecule has 30 heavy (non-hydrogen) atoms. The number of carbonyl (C=O) groups is 4. The van der Waals surface area contributed by atoms with Gasteiger partial charge >= 0.3 is 5.97 Å². The number of amides is 3. The lowest BCUT2D eigenvalue weighted by atomic mass is 10.2.